The topological polar surface area (TPSA) is 104 Å². The summed E-state index contributed by atoms with van der Waals surface area (Å²) in [5.74, 6) is -0.504. The molecule has 0 aliphatic heterocycles. The molecule has 7 nitrogen and oxygen atoms in total. The Morgan fingerprint density at radius 3 is 2.43 bits per heavy atom. The van der Waals surface area contributed by atoms with E-state index >= 15 is 0 Å². The average molecular weight is 530 g/mol. The highest BCUT2D eigenvalue weighted by Crippen LogP contribution is 2.40. The lowest BCUT2D eigenvalue weighted by molar-refractivity contribution is -0.142. The number of aromatic nitrogens is 2. The van der Waals surface area contributed by atoms with Crippen molar-refractivity contribution < 1.29 is 31.1 Å². The van der Waals surface area contributed by atoms with Gasteiger partial charge in [-0.15, -0.1) is 0 Å². The summed E-state index contributed by atoms with van der Waals surface area (Å²) in [4.78, 5) is 15.0. The molecule has 1 aromatic carbocycles. The Balaban J connectivity index is 1.98. The summed E-state index contributed by atoms with van der Waals surface area (Å²) in [5, 5.41) is 8.10. The molecule has 4 aromatic rings. The Hall–Kier alpha value is -4.04. The van der Waals surface area contributed by atoms with Crippen LogP contribution in [0.5, 0.6) is 0 Å². The van der Waals surface area contributed by atoms with Gasteiger partial charge in [-0.3, -0.25) is 4.79 Å². The molecule has 1 N–H and O–H groups in total. The van der Waals surface area contributed by atoms with Crippen LogP contribution in [-0.4, -0.2) is 30.4 Å². The molecule has 11 heteroatoms. The molecule has 4 rings (SSSR count). The first-order valence-corrected chi connectivity index (χ1v) is 12.8. The van der Waals surface area contributed by atoms with E-state index in [0.29, 0.717) is 16.6 Å². The minimum absolute atomic E-state index is 0.132. The Labute approximate surface area is 211 Å². The van der Waals surface area contributed by atoms with Crippen LogP contribution in [0.25, 0.3) is 5.52 Å². The number of hydrogen-bond acceptors (Lipinski definition) is 5. The number of rotatable bonds is 7. The normalized spacial score (nSPS) is 12.9. The number of alkyl halides is 3. The number of nitrogens with one attached hydrogen (secondary N) is 1. The van der Waals surface area contributed by atoms with Gasteiger partial charge in [0.2, 0.25) is 0 Å². The molecule has 0 fully saturated rings. The fourth-order valence-corrected chi connectivity index (χ4v) is 6.23. The second kappa shape index (κ2) is 9.78. The van der Waals surface area contributed by atoms with Crippen molar-refractivity contribution in [3.8, 4) is 6.07 Å². The second-order valence-corrected chi connectivity index (χ2v) is 10.4. The van der Waals surface area contributed by atoms with Gasteiger partial charge in [0.15, 0.2) is 9.84 Å². The molecular formula is C26H22F3N3O4S. The highest BCUT2D eigenvalue weighted by Gasteiger charge is 2.37. The van der Waals surface area contributed by atoms with Crippen molar-refractivity contribution in [3.05, 3.63) is 94.6 Å². The molecule has 1 unspecified atom stereocenters. The summed E-state index contributed by atoms with van der Waals surface area (Å²) in [6.45, 7) is 3.51. The van der Waals surface area contributed by atoms with Crippen molar-refractivity contribution >= 4 is 21.3 Å². The number of sulfone groups is 1. The van der Waals surface area contributed by atoms with Crippen molar-refractivity contribution in [3.63, 3.8) is 0 Å². The Morgan fingerprint density at radius 1 is 1.16 bits per heavy atom. The van der Waals surface area contributed by atoms with E-state index in [0.717, 1.165) is 24.3 Å². The third-order valence-corrected chi connectivity index (χ3v) is 8.11. The lowest BCUT2D eigenvalue weighted by Gasteiger charge is -2.19. The van der Waals surface area contributed by atoms with Crippen LogP contribution < -0.4 is 0 Å². The first-order valence-electron chi connectivity index (χ1n) is 11.2. The number of nitrogens with zero attached hydrogens (tertiary/aromatic N) is 2. The molecule has 0 bridgehead atoms. The van der Waals surface area contributed by atoms with E-state index < -0.39 is 32.8 Å². The van der Waals surface area contributed by atoms with Crippen LogP contribution in [-0.2, 0) is 32.0 Å². The van der Waals surface area contributed by atoms with Crippen LogP contribution in [0.1, 0.15) is 45.8 Å². The maximum atomic E-state index is 14.0. The van der Waals surface area contributed by atoms with Crippen molar-refractivity contribution in [1.29, 1.82) is 5.26 Å². The van der Waals surface area contributed by atoms with E-state index in [9.17, 15) is 31.6 Å². The zero-order chi connectivity index (χ0) is 27.0. The fourth-order valence-electron chi connectivity index (χ4n) is 4.38. The largest absolute Gasteiger partial charge is 0.466 e. The molecule has 0 saturated heterocycles. The molecule has 3 heterocycles. The van der Waals surface area contributed by atoms with Gasteiger partial charge < -0.3 is 14.1 Å². The minimum atomic E-state index is -4.62. The van der Waals surface area contributed by atoms with Gasteiger partial charge in [-0.2, -0.15) is 18.4 Å². The zero-order valence-electron chi connectivity index (χ0n) is 19.8. The van der Waals surface area contributed by atoms with Crippen LogP contribution >= 0.6 is 0 Å². The summed E-state index contributed by atoms with van der Waals surface area (Å²) >= 11 is 0. The molecule has 37 heavy (non-hydrogen) atoms. The van der Waals surface area contributed by atoms with E-state index in [1.807, 2.05) is 6.07 Å². The summed E-state index contributed by atoms with van der Waals surface area (Å²) in [6.07, 6.45) is -1.74. The van der Waals surface area contributed by atoms with E-state index in [2.05, 4.69) is 4.98 Å². The third kappa shape index (κ3) is 4.84. The van der Waals surface area contributed by atoms with Gasteiger partial charge in [-0.05, 0) is 73.5 Å². The zero-order valence-corrected chi connectivity index (χ0v) is 20.7. The van der Waals surface area contributed by atoms with E-state index in [1.54, 1.807) is 42.5 Å². The first kappa shape index (κ1) is 26.0. The van der Waals surface area contributed by atoms with Crippen molar-refractivity contribution in [2.45, 2.75) is 36.6 Å². The number of hydrogen-bond donors (Lipinski definition) is 1. The fraction of sp³-hybridized carbons (Fsp3) is 0.231. The highest BCUT2D eigenvalue weighted by atomic mass is 32.2. The Morgan fingerprint density at radius 2 is 1.86 bits per heavy atom. The number of aromatic amines is 1. The summed E-state index contributed by atoms with van der Waals surface area (Å²) in [6, 6.07) is 11.7. The van der Waals surface area contributed by atoms with Gasteiger partial charge in [-0.25, -0.2) is 8.42 Å². The Bertz CT molecular complexity index is 1600. The molecule has 3 aromatic heterocycles. The van der Waals surface area contributed by atoms with Gasteiger partial charge in [-0.1, -0.05) is 0 Å². The van der Waals surface area contributed by atoms with Crippen LogP contribution in [0.3, 0.4) is 0 Å². The number of pyridine rings is 1. The lowest BCUT2D eigenvalue weighted by atomic mass is 10.1. The van der Waals surface area contributed by atoms with Gasteiger partial charge in [0, 0.05) is 23.6 Å². The SMILES string of the molecule is CCOC(=O)Cc1c(C)c(C(c2ccc[nH]2)S(=O)(=O)c2ccc(C(F)(F)F)cc2)n2cc(C#N)ccc12. The monoisotopic (exact) mass is 529 g/mol. The average Bonchev–Trinajstić information content (AvgIpc) is 3.47. The van der Waals surface area contributed by atoms with Crippen molar-refractivity contribution in [2.75, 3.05) is 6.61 Å². The molecule has 192 valence electrons. The van der Waals surface area contributed by atoms with Crippen LogP contribution in [0, 0.1) is 18.3 Å². The standard InChI is InChI=1S/C26H22F3N3O4S/c1-3-36-23(33)13-20-16(2)24(32-15-17(14-30)6-11-22(20)32)25(21-5-4-12-31-21)37(34,35)19-9-7-18(8-10-19)26(27,28)29/h4-12,15,25,31H,3,13H2,1-2H3. The van der Waals surface area contributed by atoms with E-state index in [4.69, 9.17) is 4.74 Å². The molecule has 1 atom stereocenters. The molecule has 0 radical (unpaired) electrons. The van der Waals surface area contributed by atoms with Crippen LogP contribution in [0.2, 0.25) is 0 Å². The highest BCUT2D eigenvalue weighted by molar-refractivity contribution is 7.91. The summed E-state index contributed by atoms with van der Waals surface area (Å²) in [5.41, 5.74) is 1.33. The number of halogens is 3. The van der Waals surface area contributed by atoms with Crippen LogP contribution in [0.4, 0.5) is 13.2 Å². The number of nitriles is 1. The lowest BCUT2D eigenvalue weighted by Crippen LogP contribution is -2.19. The number of benzene rings is 1. The number of carbonyl (C=O) groups is 1. The van der Waals surface area contributed by atoms with Gasteiger partial charge in [0.05, 0.1) is 34.7 Å². The summed E-state index contributed by atoms with van der Waals surface area (Å²) < 4.78 is 74.0. The maximum absolute atomic E-state index is 14.0. The van der Waals surface area contributed by atoms with Crippen LogP contribution in [0.15, 0.2) is 65.8 Å². The number of esters is 1. The quantitative estimate of drug-likeness (QED) is 0.334. The van der Waals surface area contributed by atoms with Gasteiger partial charge >= 0.3 is 12.1 Å². The number of ether oxygens (including phenoxy) is 1. The minimum Gasteiger partial charge on any atom is -0.466 e. The van der Waals surface area contributed by atoms with Crippen molar-refractivity contribution in [2.24, 2.45) is 0 Å². The molecular weight excluding hydrogens is 507 g/mol. The molecule has 0 aliphatic rings. The number of carbonyl (C=O) groups excluding carboxylic acids is 1. The predicted octanol–water partition coefficient (Wildman–Crippen LogP) is 5.14. The molecule has 0 amide bonds. The van der Waals surface area contributed by atoms with E-state index in [1.165, 1.54) is 12.4 Å². The molecule has 0 spiro atoms. The summed E-state index contributed by atoms with van der Waals surface area (Å²) in [7, 11) is -4.32. The van der Waals surface area contributed by atoms with Gasteiger partial charge in [0.25, 0.3) is 0 Å². The van der Waals surface area contributed by atoms with Gasteiger partial charge in [0.1, 0.15) is 11.3 Å². The third-order valence-electron chi connectivity index (χ3n) is 6.08. The number of fused-ring (bicyclic) bond motifs is 1. The Kier molecular flexibility index (Phi) is 6.88. The van der Waals surface area contributed by atoms with E-state index in [-0.39, 0.29) is 34.9 Å². The molecule has 0 aliphatic carbocycles. The number of H-pyrrole nitrogens is 1. The smallest absolute Gasteiger partial charge is 0.416 e. The first-order chi connectivity index (χ1) is 17.5. The van der Waals surface area contributed by atoms with Crippen molar-refractivity contribution in [1.82, 2.24) is 9.38 Å². The second-order valence-electron chi connectivity index (χ2n) is 8.33. The maximum Gasteiger partial charge on any atom is 0.416 e. The molecule has 0 saturated carbocycles. The predicted molar refractivity (Wildman–Crippen MR) is 128 cm³/mol.